The van der Waals surface area contributed by atoms with Crippen molar-refractivity contribution in [3.63, 3.8) is 0 Å². The normalized spacial score (nSPS) is 26.9. The number of ether oxygens (including phenoxy) is 1. The van der Waals surface area contributed by atoms with Crippen LogP contribution in [0.25, 0.3) is 10.8 Å². The number of aromatic nitrogens is 2. The van der Waals surface area contributed by atoms with Crippen LogP contribution in [0.1, 0.15) is 86.7 Å². The first-order valence-corrected chi connectivity index (χ1v) is 16.1. The monoisotopic (exact) mass is 553 g/mol. The topological polar surface area (TPSA) is 73.8 Å². The summed E-state index contributed by atoms with van der Waals surface area (Å²) in [5.74, 6) is 0.793. The summed E-state index contributed by atoms with van der Waals surface area (Å²) in [6.45, 7) is 6.92. The van der Waals surface area contributed by atoms with E-state index in [9.17, 15) is 5.11 Å². The highest BCUT2D eigenvalue weighted by Crippen LogP contribution is 2.43. The van der Waals surface area contributed by atoms with Gasteiger partial charge in [0.1, 0.15) is 12.4 Å². The average Bonchev–Trinajstić information content (AvgIpc) is 3.68. The van der Waals surface area contributed by atoms with Gasteiger partial charge in [0.05, 0.1) is 23.5 Å². The van der Waals surface area contributed by atoms with Crippen LogP contribution in [0.3, 0.4) is 0 Å². The Hall–Kier alpha value is -2.90. The highest BCUT2D eigenvalue weighted by molar-refractivity contribution is 5.98. The predicted octanol–water partition coefficient (Wildman–Crippen LogP) is 5.47. The molecule has 8 rings (SSSR count). The molecular weight excluding hydrogens is 510 g/mol. The molecule has 5 aliphatic heterocycles. The van der Waals surface area contributed by atoms with E-state index in [-0.39, 0.29) is 5.54 Å². The second-order valence-electron chi connectivity index (χ2n) is 13.3. The maximum atomic E-state index is 10.7. The summed E-state index contributed by atoms with van der Waals surface area (Å²) in [5.41, 5.74) is 6.32. The van der Waals surface area contributed by atoms with Gasteiger partial charge in [-0.2, -0.15) is 9.97 Å². The van der Waals surface area contributed by atoms with Crippen LogP contribution >= 0.6 is 0 Å². The molecule has 3 atom stereocenters. The Bertz CT molecular complexity index is 1450. The van der Waals surface area contributed by atoms with Crippen LogP contribution in [-0.4, -0.2) is 63.8 Å². The van der Waals surface area contributed by atoms with Crippen LogP contribution < -0.4 is 15.0 Å². The summed E-state index contributed by atoms with van der Waals surface area (Å²) in [6, 6.07) is 12.1. The Morgan fingerprint density at radius 1 is 1.05 bits per heavy atom. The third-order valence-electron chi connectivity index (χ3n) is 11.0. The highest BCUT2D eigenvalue weighted by atomic mass is 16.5. The van der Waals surface area contributed by atoms with Gasteiger partial charge in [-0.25, -0.2) is 0 Å². The first kappa shape index (κ1) is 25.8. The molecule has 6 heterocycles. The first-order chi connectivity index (χ1) is 20.1. The van der Waals surface area contributed by atoms with Gasteiger partial charge in [0, 0.05) is 41.7 Å². The molecule has 0 amide bonds. The quantitative estimate of drug-likeness (QED) is 0.420. The van der Waals surface area contributed by atoms with E-state index in [0.717, 1.165) is 49.0 Å². The third-order valence-corrected chi connectivity index (χ3v) is 11.0. The molecule has 1 aromatic heterocycles. The van der Waals surface area contributed by atoms with Crippen molar-refractivity contribution >= 4 is 16.5 Å². The lowest BCUT2D eigenvalue weighted by molar-refractivity contribution is 0.107. The summed E-state index contributed by atoms with van der Waals surface area (Å²) in [5, 5.41) is 16.8. The van der Waals surface area contributed by atoms with Crippen molar-refractivity contribution in [2.75, 3.05) is 31.1 Å². The Labute approximate surface area is 243 Å². The molecule has 4 fully saturated rings. The summed E-state index contributed by atoms with van der Waals surface area (Å²) >= 11 is 0. The van der Waals surface area contributed by atoms with Crippen LogP contribution in [0.15, 0.2) is 30.3 Å². The molecule has 0 aliphatic carbocycles. The van der Waals surface area contributed by atoms with Crippen molar-refractivity contribution in [3.8, 4) is 11.8 Å². The number of phenolic OH excluding ortho intramolecular Hbond substituents is 1. The molecule has 0 unspecified atom stereocenters. The number of phenols is 1. The molecule has 3 aromatic rings. The second kappa shape index (κ2) is 10.1. The lowest BCUT2D eigenvalue weighted by atomic mass is 9.85. The molecule has 41 heavy (non-hydrogen) atoms. The van der Waals surface area contributed by atoms with Crippen LogP contribution in [0.4, 0.5) is 5.69 Å². The number of aryl methyl sites for hydroxylation is 1. The van der Waals surface area contributed by atoms with Crippen LogP contribution in [0.5, 0.6) is 11.8 Å². The number of fused-ring (bicyclic) bond motifs is 5. The fourth-order valence-corrected chi connectivity index (χ4v) is 8.99. The maximum Gasteiger partial charge on any atom is 0.316 e. The van der Waals surface area contributed by atoms with Crippen LogP contribution in [0, 0.1) is 0 Å². The smallest absolute Gasteiger partial charge is 0.316 e. The highest BCUT2D eigenvalue weighted by Gasteiger charge is 2.45. The van der Waals surface area contributed by atoms with Gasteiger partial charge in [-0.1, -0.05) is 25.1 Å². The third kappa shape index (κ3) is 4.47. The van der Waals surface area contributed by atoms with Gasteiger partial charge in [-0.15, -0.1) is 0 Å². The molecule has 0 radical (unpaired) electrons. The van der Waals surface area contributed by atoms with Gasteiger partial charge >= 0.3 is 6.01 Å². The first-order valence-electron chi connectivity index (χ1n) is 16.1. The number of rotatable bonds is 6. The number of benzene rings is 2. The van der Waals surface area contributed by atoms with E-state index in [0.29, 0.717) is 42.9 Å². The average molecular weight is 554 g/mol. The molecule has 7 heteroatoms. The van der Waals surface area contributed by atoms with Gasteiger partial charge in [-0.05, 0) is 99.9 Å². The van der Waals surface area contributed by atoms with Crippen molar-refractivity contribution in [2.45, 2.75) is 101 Å². The predicted molar refractivity (Wildman–Crippen MR) is 162 cm³/mol. The lowest BCUT2D eigenvalue weighted by Gasteiger charge is -2.35. The number of piperidine rings is 1. The number of hydrogen-bond donors (Lipinski definition) is 2. The van der Waals surface area contributed by atoms with Gasteiger partial charge in [0.15, 0.2) is 0 Å². The Morgan fingerprint density at radius 2 is 1.85 bits per heavy atom. The Balaban J connectivity index is 1.16. The second-order valence-corrected chi connectivity index (χ2v) is 13.3. The van der Waals surface area contributed by atoms with E-state index < -0.39 is 0 Å². The molecule has 5 aliphatic rings. The fraction of sp³-hybridized carbons (Fsp3) is 0.588. The Morgan fingerprint density at radius 3 is 2.63 bits per heavy atom. The van der Waals surface area contributed by atoms with E-state index in [1.54, 1.807) is 0 Å². The molecule has 2 aromatic carbocycles. The van der Waals surface area contributed by atoms with E-state index in [2.05, 4.69) is 40.2 Å². The van der Waals surface area contributed by atoms with Crippen LogP contribution in [0.2, 0.25) is 0 Å². The molecular formula is C34H43N5O2. The van der Waals surface area contributed by atoms with Crippen molar-refractivity contribution in [1.29, 1.82) is 0 Å². The summed E-state index contributed by atoms with van der Waals surface area (Å²) in [7, 11) is 0. The van der Waals surface area contributed by atoms with Crippen molar-refractivity contribution in [2.24, 2.45) is 0 Å². The standard InChI is InChI=1S/C34H43N5O2/c1-2-22-6-3-7-23-18-27(40)19-30(31(22)23)38-15-10-28-29(20-38)36-33(41-21-34-11-4-13-39(34)14-5-12-34)37-32(28)24-16-25-8-9-26(17-24)35-25/h3,6-7,18-19,24-26,35,40H,2,4-5,8-17,20-21H2,1H3/t24-,25+,26-. The zero-order valence-corrected chi connectivity index (χ0v) is 24.4. The SMILES string of the molecule is CCc1cccc2cc(O)cc(N3CCc4c(nc(OCC56CCCN5CCC6)nc4[C@H]4C[C@H]5CC[C@@H](C4)N5)C3)c12. The van der Waals surface area contributed by atoms with Crippen LogP contribution in [-0.2, 0) is 19.4 Å². The van der Waals surface area contributed by atoms with E-state index >= 15 is 0 Å². The number of aromatic hydroxyl groups is 1. The minimum Gasteiger partial charge on any atom is -0.508 e. The molecule has 2 N–H and O–H groups in total. The largest absolute Gasteiger partial charge is 0.508 e. The van der Waals surface area contributed by atoms with E-state index in [1.807, 2.05) is 12.1 Å². The minimum atomic E-state index is 0.177. The molecule has 0 saturated carbocycles. The Kier molecular flexibility index (Phi) is 6.37. The lowest BCUT2D eigenvalue weighted by Crippen LogP contribution is -2.43. The summed E-state index contributed by atoms with van der Waals surface area (Å²) < 4.78 is 6.59. The molecule has 216 valence electrons. The molecule has 4 saturated heterocycles. The molecule has 2 bridgehead atoms. The number of nitrogens with zero attached hydrogens (tertiary/aromatic N) is 4. The van der Waals surface area contributed by atoms with E-state index in [1.165, 1.54) is 73.8 Å². The minimum absolute atomic E-state index is 0.177. The maximum absolute atomic E-state index is 10.7. The number of hydrogen-bond acceptors (Lipinski definition) is 7. The molecule has 7 nitrogen and oxygen atoms in total. The van der Waals surface area contributed by atoms with Crippen molar-refractivity contribution in [1.82, 2.24) is 20.2 Å². The van der Waals surface area contributed by atoms with Crippen molar-refractivity contribution in [3.05, 3.63) is 52.8 Å². The van der Waals surface area contributed by atoms with Gasteiger partial charge in [0.25, 0.3) is 0 Å². The number of nitrogens with one attached hydrogen (secondary N) is 1. The summed E-state index contributed by atoms with van der Waals surface area (Å²) in [6.07, 6.45) is 11.8. The molecule has 0 spiro atoms. The van der Waals surface area contributed by atoms with Gasteiger partial charge in [-0.3, -0.25) is 4.90 Å². The fourth-order valence-electron chi connectivity index (χ4n) is 8.99. The van der Waals surface area contributed by atoms with Crippen molar-refractivity contribution < 1.29 is 9.84 Å². The zero-order chi connectivity index (χ0) is 27.6. The number of anilines is 1. The van der Waals surface area contributed by atoms with Gasteiger partial charge in [0.2, 0.25) is 0 Å². The summed E-state index contributed by atoms with van der Waals surface area (Å²) in [4.78, 5) is 15.4. The van der Waals surface area contributed by atoms with E-state index in [4.69, 9.17) is 14.7 Å². The zero-order valence-electron chi connectivity index (χ0n) is 24.4. The van der Waals surface area contributed by atoms with Gasteiger partial charge < -0.3 is 20.1 Å².